The molecule has 0 aliphatic heterocycles. The van der Waals surface area contributed by atoms with E-state index in [0.717, 1.165) is 0 Å². The number of nitrogens with two attached hydrogens (primary N) is 3. The first-order valence-corrected chi connectivity index (χ1v) is 2.52. The van der Waals surface area contributed by atoms with Gasteiger partial charge in [-0.2, -0.15) is 0 Å². The lowest BCUT2D eigenvalue weighted by molar-refractivity contribution is -0.623. The molecule has 4 nitrogen and oxygen atoms in total. The molecule has 6 N–H and O–H groups in total. The minimum absolute atomic E-state index is 0.387. The van der Waals surface area contributed by atoms with Crippen LogP contribution in [0.1, 0.15) is 0 Å². The van der Waals surface area contributed by atoms with Gasteiger partial charge in [0.2, 0.25) is 0 Å². The first-order chi connectivity index (χ1) is 4.22. The predicted octanol–water partition coefficient (Wildman–Crippen LogP) is -1.15. The first-order valence-electron chi connectivity index (χ1n) is 2.52. The smallest absolute Gasteiger partial charge is 0.318 e. The zero-order valence-electron chi connectivity index (χ0n) is 4.91. The van der Waals surface area contributed by atoms with Crippen LogP contribution in [0.25, 0.3) is 0 Å². The monoisotopic (exact) mass is 125 g/mol. The van der Waals surface area contributed by atoms with Gasteiger partial charge in [0.25, 0.3) is 0 Å². The molecule has 0 aliphatic rings. The molecule has 0 radical (unpaired) electrons. The lowest BCUT2D eigenvalue weighted by Crippen LogP contribution is -2.46. The second-order valence-electron chi connectivity index (χ2n) is 1.76. The van der Waals surface area contributed by atoms with Crippen molar-refractivity contribution in [1.29, 1.82) is 0 Å². The standard InChI is InChI=1S/C5H8N4/c6-4-2-1-3-9(8)5(4)7/h1-3,7H,6,8H2/p+1. The van der Waals surface area contributed by atoms with Gasteiger partial charge in [0.15, 0.2) is 0 Å². The maximum atomic E-state index is 5.39. The van der Waals surface area contributed by atoms with Crippen LogP contribution < -0.4 is 22.0 Å². The highest BCUT2D eigenvalue weighted by Crippen LogP contribution is 2.03. The molecule has 1 aromatic heterocycles. The summed E-state index contributed by atoms with van der Waals surface area (Å²) in [4.78, 5) is 0. The van der Waals surface area contributed by atoms with Crippen LogP contribution >= 0.6 is 0 Å². The van der Waals surface area contributed by atoms with Crippen molar-refractivity contribution in [3.05, 3.63) is 18.3 Å². The van der Waals surface area contributed by atoms with Crippen molar-refractivity contribution in [3.8, 4) is 0 Å². The molecule has 1 aromatic rings. The number of rotatable bonds is 0. The average molecular weight is 125 g/mol. The van der Waals surface area contributed by atoms with Crippen LogP contribution in [0, 0.1) is 0 Å². The van der Waals surface area contributed by atoms with E-state index in [9.17, 15) is 0 Å². The van der Waals surface area contributed by atoms with Gasteiger partial charge in [-0.3, -0.25) is 11.6 Å². The molecule has 0 saturated heterocycles. The van der Waals surface area contributed by atoms with E-state index in [1.165, 1.54) is 4.68 Å². The molecule has 0 amide bonds. The summed E-state index contributed by atoms with van der Waals surface area (Å²) in [7, 11) is 0. The Hall–Kier alpha value is -1.45. The van der Waals surface area contributed by atoms with Crippen LogP contribution in [-0.2, 0) is 0 Å². The molecule has 48 valence electrons. The third-order valence-corrected chi connectivity index (χ3v) is 1.10. The van der Waals surface area contributed by atoms with E-state index in [-0.39, 0.29) is 0 Å². The summed E-state index contributed by atoms with van der Waals surface area (Å²) in [6.07, 6.45) is 1.63. The molecule has 4 heteroatoms. The summed E-state index contributed by atoms with van der Waals surface area (Å²) in [6.45, 7) is 0. The Kier molecular flexibility index (Phi) is 1.14. The molecule has 0 fully saturated rings. The maximum absolute atomic E-state index is 5.39. The minimum atomic E-state index is 0.387. The van der Waals surface area contributed by atoms with Crippen molar-refractivity contribution in [3.63, 3.8) is 0 Å². The summed E-state index contributed by atoms with van der Waals surface area (Å²) >= 11 is 0. The van der Waals surface area contributed by atoms with Crippen LogP contribution in [0.3, 0.4) is 0 Å². The van der Waals surface area contributed by atoms with Gasteiger partial charge in [-0.15, -0.1) is 4.68 Å². The first kappa shape index (κ1) is 5.68. The van der Waals surface area contributed by atoms with Crippen molar-refractivity contribution >= 4 is 11.5 Å². The third kappa shape index (κ3) is 0.861. The second kappa shape index (κ2) is 1.81. The fourth-order valence-electron chi connectivity index (χ4n) is 0.554. The van der Waals surface area contributed by atoms with E-state index in [1.807, 2.05) is 0 Å². The molecular weight excluding hydrogens is 116 g/mol. The van der Waals surface area contributed by atoms with Crippen molar-refractivity contribution in [2.75, 3.05) is 17.3 Å². The van der Waals surface area contributed by atoms with Gasteiger partial charge in [0.1, 0.15) is 11.9 Å². The molecule has 0 unspecified atom stereocenters. The highest BCUT2D eigenvalue weighted by Gasteiger charge is 2.01. The number of nitrogens with zero attached hydrogens (tertiary/aromatic N) is 1. The van der Waals surface area contributed by atoms with Gasteiger partial charge in [0.05, 0.1) is 0 Å². The zero-order chi connectivity index (χ0) is 6.85. The Bertz CT molecular complexity index is 200. The molecule has 1 heterocycles. The van der Waals surface area contributed by atoms with Crippen LogP contribution in [-0.4, -0.2) is 0 Å². The fraction of sp³-hybridized carbons (Fsp3) is 0. The number of pyridine rings is 1. The number of hydrogen-bond acceptors (Lipinski definition) is 3. The molecular formula is C5H9N4+. The van der Waals surface area contributed by atoms with E-state index in [4.69, 9.17) is 17.3 Å². The van der Waals surface area contributed by atoms with Crippen molar-refractivity contribution in [2.45, 2.75) is 0 Å². The number of nitrogen functional groups attached to an aromatic ring is 3. The van der Waals surface area contributed by atoms with Gasteiger partial charge >= 0.3 is 5.82 Å². The quantitative estimate of drug-likeness (QED) is 0.302. The van der Waals surface area contributed by atoms with Gasteiger partial charge < -0.3 is 5.73 Å². The predicted molar refractivity (Wildman–Crippen MR) is 35.6 cm³/mol. The largest absolute Gasteiger partial charge is 0.392 e. The second-order valence-corrected chi connectivity index (χ2v) is 1.76. The zero-order valence-corrected chi connectivity index (χ0v) is 4.91. The van der Waals surface area contributed by atoms with Crippen LogP contribution in [0.4, 0.5) is 11.5 Å². The van der Waals surface area contributed by atoms with E-state index >= 15 is 0 Å². The summed E-state index contributed by atoms with van der Waals surface area (Å²) in [6, 6.07) is 3.42. The summed E-state index contributed by atoms with van der Waals surface area (Å²) in [5.41, 5.74) is 11.3. The Morgan fingerprint density at radius 1 is 1.33 bits per heavy atom. The highest BCUT2D eigenvalue weighted by molar-refractivity contribution is 5.53. The van der Waals surface area contributed by atoms with Crippen LogP contribution in [0.5, 0.6) is 0 Å². The Balaban J connectivity index is 3.25. The highest BCUT2D eigenvalue weighted by atomic mass is 15.3. The summed E-state index contributed by atoms with van der Waals surface area (Å²) in [5, 5.41) is 0. The van der Waals surface area contributed by atoms with Crippen LogP contribution in [0.2, 0.25) is 0 Å². The van der Waals surface area contributed by atoms with Crippen molar-refractivity contribution in [2.24, 2.45) is 0 Å². The molecule has 0 atom stereocenters. The Morgan fingerprint density at radius 2 is 2.00 bits per heavy atom. The molecule has 0 bridgehead atoms. The number of aromatic nitrogens is 1. The van der Waals surface area contributed by atoms with Gasteiger partial charge in [-0.25, -0.2) is 0 Å². The maximum Gasteiger partial charge on any atom is 0.318 e. The summed E-state index contributed by atoms with van der Waals surface area (Å²) < 4.78 is 1.27. The molecule has 0 saturated carbocycles. The van der Waals surface area contributed by atoms with Gasteiger partial charge in [0, 0.05) is 0 Å². The molecule has 0 aliphatic carbocycles. The summed E-state index contributed by atoms with van der Waals surface area (Å²) in [5.74, 6) is 5.72. The molecule has 0 aromatic carbocycles. The molecule has 0 spiro atoms. The van der Waals surface area contributed by atoms with E-state index in [0.29, 0.717) is 11.5 Å². The van der Waals surface area contributed by atoms with Crippen molar-refractivity contribution in [1.82, 2.24) is 0 Å². The average Bonchev–Trinajstić information content (AvgIpc) is 1.83. The Morgan fingerprint density at radius 3 is 2.44 bits per heavy atom. The van der Waals surface area contributed by atoms with Gasteiger partial charge in [-0.1, -0.05) is 0 Å². The van der Waals surface area contributed by atoms with Crippen LogP contribution in [0.15, 0.2) is 18.3 Å². The SMILES string of the molecule is Nc1ccc[n+](N)c1N. The van der Waals surface area contributed by atoms with E-state index in [1.54, 1.807) is 18.3 Å². The molecule has 1 rings (SSSR count). The lowest BCUT2D eigenvalue weighted by atomic mass is 10.4. The van der Waals surface area contributed by atoms with E-state index < -0.39 is 0 Å². The Labute approximate surface area is 52.9 Å². The number of anilines is 2. The van der Waals surface area contributed by atoms with Gasteiger partial charge in [-0.05, 0) is 12.1 Å². The molecule has 9 heavy (non-hydrogen) atoms. The topological polar surface area (TPSA) is 81.9 Å². The number of hydrogen-bond donors (Lipinski definition) is 3. The third-order valence-electron chi connectivity index (χ3n) is 1.10. The fourth-order valence-corrected chi connectivity index (χ4v) is 0.554. The minimum Gasteiger partial charge on any atom is -0.392 e. The lowest BCUT2D eigenvalue weighted by Gasteiger charge is -1.95. The normalized spacial score (nSPS) is 9.33. The van der Waals surface area contributed by atoms with Crippen molar-refractivity contribution < 1.29 is 4.68 Å². The van der Waals surface area contributed by atoms with E-state index in [2.05, 4.69) is 0 Å².